The van der Waals surface area contributed by atoms with Gasteiger partial charge in [-0.05, 0) is 42.7 Å². The minimum absolute atomic E-state index is 0.0945. The molecule has 3 N–H and O–H groups in total. The molecule has 4 nitrogen and oxygen atoms in total. The fourth-order valence-corrected chi connectivity index (χ4v) is 2.04. The maximum atomic E-state index is 5.65. The minimum atomic E-state index is 0.0945. The van der Waals surface area contributed by atoms with E-state index in [0.29, 0.717) is 0 Å². The lowest BCUT2D eigenvalue weighted by molar-refractivity contribution is 0.412. The molecule has 1 aromatic carbocycles. The number of nitrogens with two attached hydrogens (primary N) is 1. The Morgan fingerprint density at radius 2 is 2.16 bits per heavy atom. The molecule has 0 radical (unpaired) electrons. The fourth-order valence-electron chi connectivity index (χ4n) is 2.04. The molecule has 19 heavy (non-hydrogen) atoms. The molecule has 0 aliphatic heterocycles. The van der Waals surface area contributed by atoms with E-state index in [9.17, 15) is 0 Å². The first-order chi connectivity index (χ1) is 9.33. The molecule has 2 rings (SSSR count). The van der Waals surface area contributed by atoms with Crippen molar-refractivity contribution in [2.75, 3.05) is 7.11 Å². The molecular weight excluding hydrogens is 238 g/mol. The van der Waals surface area contributed by atoms with Crippen LogP contribution in [0.2, 0.25) is 0 Å². The van der Waals surface area contributed by atoms with Crippen molar-refractivity contribution in [1.82, 2.24) is 10.4 Å². The molecule has 0 aliphatic carbocycles. The van der Waals surface area contributed by atoms with Crippen molar-refractivity contribution in [2.45, 2.75) is 18.9 Å². The lowest BCUT2D eigenvalue weighted by Crippen LogP contribution is -2.28. The van der Waals surface area contributed by atoms with E-state index in [1.165, 1.54) is 0 Å². The molecule has 0 aliphatic rings. The second-order valence-electron chi connectivity index (χ2n) is 4.36. The van der Waals surface area contributed by atoms with Gasteiger partial charge in [0.25, 0.3) is 0 Å². The van der Waals surface area contributed by atoms with E-state index in [1.807, 2.05) is 48.7 Å². The summed E-state index contributed by atoms with van der Waals surface area (Å²) >= 11 is 0. The van der Waals surface area contributed by atoms with Crippen LogP contribution in [-0.2, 0) is 6.42 Å². The van der Waals surface area contributed by atoms with Gasteiger partial charge in [0.2, 0.25) is 0 Å². The Kier molecular flexibility index (Phi) is 4.89. The van der Waals surface area contributed by atoms with Crippen LogP contribution in [0.15, 0.2) is 48.7 Å². The third-order valence-corrected chi connectivity index (χ3v) is 3.11. The first-order valence-corrected chi connectivity index (χ1v) is 6.33. The van der Waals surface area contributed by atoms with Crippen LogP contribution in [0, 0.1) is 0 Å². The van der Waals surface area contributed by atoms with Gasteiger partial charge >= 0.3 is 0 Å². The predicted octanol–water partition coefficient (Wildman–Crippen LogP) is 2.23. The summed E-state index contributed by atoms with van der Waals surface area (Å²) in [6.45, 7) is 0. The number of ether oxygens (including phenoxy) is 1. The number of aryl methyl sites for hydroxylation is 1. The summed E-state index contributed by atoms with van der Waals surface area (Å²) in [5.74, 6) is 6.49. The summed E-state index contributed by atoms with van der Waals surface area (Å²) in [7, 11) is 1.66. The zero-order valence-electron chi connectivity index (χ0n) is 11.0. The molecule has 0 fully saturated rings. The monoisotopic (exact) mass is 257 g/mol. The molecule has 100 valence electrons. The number of hydrazine groups is 1. The van der Waals surface area contributed by atoms with Gasteiger partial charge < -0.3 is 4.74 Å². The van der Waals surface area contributed by atoms with Gasteiger partial charge in [0.15, 0.2) is 0 Å². The number of rotatable bonds is 6. The van der Waals surface area contributed by atoms with Gasteiger partial charge in [-0.1, -0.05) is 18.2 Å². The number of hydrogen-bond acceptors (Lipinski definition) is 4. The molecule has 4 heteroatoms. The predicted molar refractivity (Wildman–Crippen MR) is 75.6 cm³/mol. The van der Waals surface area contributed by atoms with Crippen molar-refractivity contribution >= 4 is 0 Å². The molecule has 2 aromatic rings. The fraction of sp³-hybridized carbons (Fsp3) is 0.267. The molecule has 1 aromatic heterocycles. The number of methoxy groups -OCH3 is 1. The largest absolute Gasteiger partial charge is 0.497 e. The number of nitrogens with one attached hydrogen (secondary N) is 1. The highest BCUT2D eigenvalue weighted by atomic mass is 16.5. The highest BCUT2D eigenvalue weighted by Gasteiger charge is 2.10. The topological polar surface area (TPSA) is 60.2 Å². The van der Waals surface area contributed by atoms with Gasteiger partial charge in [0.1, 0.15) is 5.75 Å². The van der Waals surface area contributed by atoms with Gasteiger partial charge in [-0.3, -0.25) is 16.3 Å². The van der Waals surface area contributed by atoms with Gasteiger partial charge in [0.05, 0.1) is 7.11 Å². The highest BCUT2D eigenvalue weighted by Crippen LogP contribution is 2.22. The molecule has 0 saturated carbocycles. The molecular formula is C15H19N3O. The number of hydrogen-bond donors (Lipinski definition) is 2. The third kappa shape index (κ3) is 3.77. The Morgan fingerprint density at radius 1 is 1.26 bits per heavy atom. The van der Waals surface area contributed by atoms with E-state index in [2.05, 4.69) is 10.4 Å². The van der Waals surface area contributed by atoms with Gasteiger partial charge in [-0.15, -0.1) is 0 Å². The van der Waals surface area contributed by atoms with E-state index in [1.54, 1.807) is 7.11 Å². The lowest BCUT2D eigenvalue weighted by atomic mass is 10.0. The van der Waals surface area contributed by atoms with Gasteiger partial charge in [-0.25, -0.2) is 0 Å². The average Bonchev–Trinajstić information content (AvgIpc) is 2.49. The summed E-state index contributed by atoms with van der Waals surface area (Å²) in [5, 5.41) is 0. The molecule has 0 bridgehead atoms. The van der Waals surface area contributed by atoms with Crippen LogP contribution in [-0.4, -0.2) is 12.1 Å². The zero-order chi connectivity index (χ0) is 13.5. The second-order valence-corrected chi connectivity index (χ2v) is 4.36. The Bertz CT molecular complexity index is 502. The number of pyridine rings is 1. The lowest BCUT2D eigenvalue weighted by Gasteiger charge is -2.16. The van der Waals surface area contributed by atoms with Gasteiger partial charge in [0, 0.05) is 17.9 Å². The summed E-state index contributed by atoms with van der Waals surface area (Å²) in [4.78, 5) is 4.32. The minimum Gasteiger partial charge on any atom is -0.497 e. The maximum Gasteiger partial charge on any atom is 0.119 e. The Morgan fingerprint density at radius 3 is 2.84 bits per heavy atom. The molecule has 0 amide bonds. The van der Waals surface area contributed by atoms with E-state index in [0.717, 1.165) is 29.8 Å². The smallest absolute Gasteiger partial charge is 0.119 e. The first kappa shape index (κ1) is 13.5. The maximum absolute atomic E-state index is 5.65. The Balaban J connectivity index is 2.03. The van der Waals surface area contributed by atoms with E-state index in [-0.39, 0.29) is 6.04 Å². The SMILES string of the molecule is COc1cccc(C(CCc2ccccn2)NN)c1. The van der Waals surface area contributed by atoms with Crippen molar-refractivity contribution < 1.29 is 4.74 Å². The number of benzene rings is 1. The van der Waals surface area contributed by atoms with E-state index in [4.69, 9.17) is 10.6 Å². The van der Waals surface area contributed by atoms with Crippen molar-refractivity contribution in [3.8, 4) is 5.75 Å². The van der Waals surface area contributed by atoms with E-state index >= 15 is 0 Å². The summed E-state index contributed by atoms with van der Waals surface area (Å²) in [5.41, 5.74) is 5.05. The van der Waals surface area contributed by atoms with Crippen LogP contribution in [0.1, 0.15) is 23.7 Å². The number of nitrogens with zero attached hydrogens (tertiary/aromatic N) is 1. The number of aromatic nitrogens is 1. The van der Waals surface area contributed by atoms with Crippen LogP contribution in [0.5, 0.6) is 5.75 Å². The Labute approximate surface area is 113 Å². The van der Waals surface area contributed by atoms with Crippen LogP contribution < -0.4 is 16.0 Å². The van der Waals surface area contributed by atoms with Crippen molar-refractivity contribution in [1.29, 1.82) is 0 Å². The van der Waals surface area contributed by atoms with E-state index < -0.39 is 0 Å². The quantitative estimate of drug-likeness (QED) is 0.615. The van der Waals surface area contributed by atoms with Crippen molar-refractivity contribution in [2.24, 2.45) is 5.84 Å². The molecule has 1 atom stereocenters. The van der Waals surface area contributed by atoms with Crippen LogP contribution in [0.25, 0.3) is 0 Å². The molecule has 1 heterocycles. The summed E-state index contributed by atoms with van der Waals surface area (Å²) < 4.78 is 5.23. The first-order valence-electron chi connectivity index (χ1n) is 6.33. The third-order valence-electron chi connectivity index (χ3n) is 3.11. The average molecular weight is 257 g/mol. The zero-order valence-corrected chi connectivity index (χ0v) is 11.0. The summed E-state index contributed by atoms with van der Waals surface area (Å²) in [6.07, 6.45) is 3.58. The molecule has 0 saturated heterocycles. The molecule has 1 unspecified atom stereocenters. The van der Waals surface area contributed by atoms with Crippen LogP contribution in [0.3, 0.4) is 0 Å². The standard InChI is InChI=1S/C15H19N3O/c1-19-14-7-4-5-12(11-14)15(18-16)9-8-13-6-2-3-10-17-13/h2-7,10-11,15,18H,8-9,16H2,1H3. The Hall–Kier alpha value is -1.91. The summed E-state index contributed by atoms with van der Waals surface area (Å²) in [6, 6.07) is 14.0. The second kappa shape index (κ2) is 6.87. The normalized spacial score (nSPS) is 12.1. The van der Waals surface area contributed by atoms with Crippen LogP contribution in [0.4, 0.5) is 0 Å². The van der Waals surface area contributed by atoms with Crippen molar-refractivity contribution in [3.05, 3.63) is 59.9 Å². The van der Waals surface area contributed by atoms with Gasteiger partial charge in [-0.2, -0.15) is 0 Å². The highest BCUT2D eigenvalue weighted by molar-refractivity contribution is 5.30. The van der Waals surface area contributed by atoms with Crippen LogP contribution >= 0.6 is 0 Å². The van der Waals surface area contributed by atoms with Crippen molar-refractivity contribution in [3.63, 3.8) is 0 Å². The molecule has 0 spiro atoms.